The van der Waals surface area contributed by atoms with E-state index >= 15 is 0 Å². The van der Waals surface area contributed by atoms with Gasteiger partial charge in [-0.3, -0.25) is 4.90 Å². The molecule has 0 unspecified atom stereocenters. The van der Waals surface area contributed by atoms with Gasteiger partial charge in [-0.2, -0.15) is 14.6 Å². The van der Waals surface area contributed by atoms with Gasteiger partial charge < -0.3 is 10.6 Å². The summed E-state index contributed by atoms with van der Waals surface area (Å²) < 4.78 is 0. The summed E-state index contributed by atoms with van der Waals surface area (Å²) in [5, 5.41) is 7.73. The van der Waals surface area contributed by atoms with E-state index in [1.807, 2.05) is 12.1 Å². The number of aromatic nitrogens is 3. The Balaban J connectivity index is 0.000000968. The predicted octanol–water partition coefficient (Wildman–Crippen LogP) is 3.48. The highest BCUT2D eigenvalue weighted by atomic mass is 35.5. The Morgan fingerprint density at radius 2 is 1.85 bits per heavy atom. The van der Waals surface area contributed by atoms with Gasteiger partial charge in [0.15, 0.2) is 0 Å². The van der Waals surface area contributed by atoms with Crippen molar-refractivity contribution in [2.45, 2.75) is 38.8 Å². The third-order valence-corrected chi connectivity index (χ3v) is 6.08. The lowest BCUT2D eigenvalue weighted by Crippen LogP contribution is -2.45. The van der Waals surface area contributed by atoms with Gasteiger partial charge in [0.05, 0.1) is 0 Å². The lowest BCUT2D eigenvalue weighted by atomic mass is 10.0. The SMILES string of the molecule is Cc1cccc(CN(CCc2ccc(Cl)cc2)C2CCN(c3n[nH]c(N)n3)CC2)c1.O=C=O. The Morgan fingerprint density at radius 3 is 2.45 bits per heavy atom. The summed E-state index contributed by atoms with van der Waals surface area (Å²) in [5.74, 6) is 1.08. The van der Waals surface area contributed by atoms with E-state index in [0.29, 0.717) is 17.9 Å². The average Bonchev–Trinajstić information content (AvgIpc) is 3.25. The van der Waals surface area contributed by atoms with E-state index in [9.17, 15) is 0 Å². The number of piperidine rings is 1. The maximum atomic E-state index is 8.12. The summed E-state index contributed by atoms with van der Waals surface area (Å²) in [6, 6.07) is 17.6. The van der Waals surface area contributed by atoms with Crippen LogP contribution in [0.15, 0.2) is 48.5 Å². The molecule has 0 amide bonds. The fraction of sp³-hybridized carbons (Fsp3) is 0.375. The van der Waals surface area contributed by atoms with Crippen molar-refractivity contribution in [2.75, 3.05) is 30.3 Å². The van der Waals surface area contributed by atoms with Gasteiger partial charge in [0.1, 0.15) is 0 Å². The molecule has 2 aromatic carbocycles. The number of nitrogens with one attached hydrogen (secondary N) is 1. The van der Waals surface area contributed by atoms with Crippen LogP contribution in [-0.2, 0) is 22.6 Å². The molecule has 3 N–H and O–H groups in total. The number of nitrogen functional groups attached to an aromatic ring is 1. The van der Waals surface area contributed by atoms with Gasteiger partial charge in [0, 0.05) is 37.2 Å². The number of carbonyl (C=O) groups excluding carboxylic acids is 2. The molecule has 0 aliphatic carbocycles. The lowest BCUT2D eigenvalue weighted by molar-refractivity contribution is -0.191. The first-order valence-corrected chi connectivity index (χ1v) is 11.3. The van der Waals surface area contributed by atoms with Crippen molar-refractivity contribution in [1.82, 2.24) is 20.1 Å². The molecule has 174 valence electrons. The van der Waals surface area contributed by atoms with Gasteiger partial charge in [-0.05, 0) is 49.4 Å². The molecule has 3 aromatic rings. The molecule has 9 heteroatoms. The zero-order valence-electron chi connectivity index (χ0n) is 18.7. The van der Waals surface area contributed by atoms with Crippen LogP contribution in [-0.4, -0.2) is 51.9 Å². The first kappa shape index (κ1) is 24.5. The van der Waals surface area contributed by atoms with Gasteiger partial charge >= 0.3 is 6.15 Å². The summed E-state index contributed by atoms with van der Waals surface area (Å²) in [6.45, 7) is 6.02. The van der Waals surface area contributed by atoms with Crippen LogP contribution in [0.4, 0.5) is 11.9 Å². The second kappa shape index (κ2) is 12.2. The number of aryl methyl sites for hydroxylation is 1. The summed E-state index contributed by atoms with van der Waals surface area (Å²) in [6.07, 6.45) is 3.43. The largest absolute Gasteiger partial charge is 0.373 e. The molecule has 1 saturated heterocycles. The topological polar surface area (TPSA) is 108 Å². The van der Waals surface area contributed by atoms with Crippen LogP contribution >= 0.6 is 11.6 Å². The van der Waals surface area contributed by atoms with Crippen LogP contribution in [0.1, 0.15) is 29.5 Å². The molecule has 1 aliphatic heterocycles. The molecular formula is C24H29ClN6O2. The number of hydrogen-bond acceptors (Lipinski definition) is 7. The maximum Gasteiger partial charge on any atom is 0.373 e. The smallest absolute Gasteiger partial charge is 0.368 e. The van der Waals surface area contributed by atoms with E-state index in [-0.39, 0.29) is 6.15 Å². The number of rotatable bonds is 7. The number of nitrogens with two attached hydrogens (primary N) is 1. The molecule has 2 heterocycles. The lowest BCUT2D eigenvalue weighted by Gasteiger charge is -2.38. The fourth-order valence-corrected chi connectivity index (χ4v) is 4.32. The second-order valence-corrected chi connectivity index (χ2v) is 8.59. The average molecular weight is 469 g/mol. The molecule has 0 spiro atoms. The zero-order valence-corrected chi connectivity index (χ0v) is 19.5. The van der Waals surface area contributed by atoms with Crippen LogP contribution in [0.25, 0.3) is 0 Å². The first-order valence-electron chi connectivity index (χ1n) is 10.9. The molecular weight excluding hydrogens is 440 g/mol. The molecule has 1 aliphatic rings. The first-order chi connectivity index (χ1) is 16.0. The maximum absolute atomic E-state index is 8.12. The van der Waals surface area contributed by atoms with Gasteiger partial charge in [-0.1, -0.05) is 53.6 Å². The summed E-state index contributed by atoms with van der Waals surface area (Å²) in [4.78, 5) is 25.4. The van der Waals surface area contributed by atoms with Crippen molar-refractivity contribution in [3.8, 4) is 0 Å². The van der Waals surface area contributed by atoms with Gasteiger partial charge in [-0.25, -0.2) is 5.10 Å². The highest BCUT2D eigenvalue weighted by molar-refractivity contribution is 6.30. The number of hydrogen-bond donors (Lipinski definition) is 2. The van der Waals surface area contributed by atoms with E-state index < -0.39 is 0 Å². The van der Waals surface area contributed by atoms with Crippen LogP contribution < -0.4 is 10.6 Å². The highest BCUT2D eigenvalue weighted by Gasteiger charge is 2.26. The monoisotopic (exact) mass is 468 g/mol. The number of halogens is 1. The molecule has 0 atom stereocenters. The van der Waals surface area contributed by atoms with Crippen molar-refractivity contribution in [3.05, 3.63) is 70.2 Å². The van der Waals surface area contributed by atoms with Crippen LogP contribution in [0.3, 0.4) is 0 Å². The number of nitrogens with zero attached hydrogens (tertiary/aromatic N) is 4. The highest BCUT2D eigenvalue weighted by Crippen LogP contribution is 2.23. The van der Waals surface area contributed by atoms with E-state index in [1.54, 1.807) is 0 Å². The Labute approximate surface area is 198 Å². The van der Waals surface area contributed by atoms with Crippen LogP contribution in [0.2, 0.25) is 5.02 Å². The standard InChI is InChI=1S/C23H29ClN6.CO2/c1-17-3-2-4-19(15-17)16-30(12-9-18-5-7-20(24)8-6-18)21-10-13-29(14-11-21)23-26-22(25)27-28-23;2-1-3/h2-8,15,21H,9-14,16H2,1H3,(H3,25,26,27,28);. The molecule has 4 rings (SSSR count). The van der Waals surface area contributed by atoms with E-state index in [2.05, 4.69) is 68.3 Å². The quantitative estimate of drug-likeness (QED) is 0.546. The Morgan fingerprint density at radius 1 is 1.15 bits per heavy atom. The van der Waals surface area contributed by atoms with Gasteiger partial charge in [-0.15, -0.1) is 5.10 Å². The third kappa shape index (κ3) is 7.43. The Bertz CT molecular complexity index is 1040. The fourth-order valence-electron chi connectivity index (χ4n) is 4.20. The number of benzene rings is 2. The number of aromatic amines is 1. The summed E-state index contributed by atoms with van der Waals surface area (Å²) in [7, 11) is 0. The van der Waals surface area contributed by atoms with Crippen LogP contribution in [0.5, 0.6) is 0 Å². The predicted molar refractivity (Wildman–Crippen MR) is 128 cm³/mol. The molecule has 0 bridgehead atoms. The van der Waals surface area contributed by atoms with Crippen LogP contribution in [0, 0.1) is 6.92 Å². The van der Waals surface area contributed by atoms with E-state index in [0.717, 1.165) is 50.5 Å². The molecule has 8 nitrogen and oxygen atoms in total. The van der Waals surface area contributed by atoms with Gasteiger partial charge in [0.2, 0.25) is 11.9 Å². The van der Waals surface area contributed by atoms with E-state index in [1.165, 1.54) is 16.7 Å². The molecule has 33 heavy (non-hydrogen) atoms. The normalized spacial score (nSPS) is 14.0. The molecule has 1 aromatic heterocycles. The van der Waals surface area contributed by atoms with Crippen molar-refractivity contribution < 1.29 is 9.59 Å². The second-order valence-electron chi connectivity index (χ2n) is 8.16. The third-order valence-electron chi connectivity index (χ3n) is 5.82. The molecule has 1 fully saturated rings. The summed E-state index contributed by atoms with van der Waals surface area (Å²) >= 11 is 6.05. The minimum atomic E-state index is 0.250. The van der Waals surface area contributed by atoms with Crippen molar-refractivity contribution >= 4 is 29.6 Å². The minimum absolute atomic E-state index is 0.250. The van der Waals surface area contributed by atoms with Crippen molar-refractivity contribution in [3.63, 3.8) is 0 Å². The molecule has 0 saturated carbocycles. The van der Waals surface area contributed by atoms with E-state index in [4.69, 9.17) is 26.9 Å². The Hall–Kier alpha value is -3.19. The number of anilines is 2. The molecule has 0 radical (unpaired) electrons. The number of H-pyrrole nitrogens is 1. The zero-order chi connectivity index (χ0) is 23.6. The summed E-state index contributed by atoms with van der Waals surface area (Å²) in [5.41, 5.74) is 9.69. The minimum Gasteiger partial charge on any atom is -0.368 e. The Kier molecular flexibility index (Phi) is 9.01. The van der Waals surface area contributed by atoms with Gasteiger partial charge in [0.25, 0.3) is 0 Å². The van der Waals surface area contributed by atoms with Crippen molar-refractivity contribution in [2.24, 2.45) is 0 Å². The van der Waals surface area contributed by atoms with Crippen molar-refractivity contribution in [1.29, 1.82) is 0 Å².